The Hall–Kier alpha value is -1.81. The maximum atomic E-state index is 11.9. The number of aromatic amines is 1. The van der Waals surface area contributed by atoms with Crippen LogP contribution < -0.4 is 5.32 Å². The van der Waals surface area contributed by atoms with Crippen LogP contribution >= 0.6 is 0 Å². The van der Waals surface area contributed by atoms with Gasteiger partial charge < -0.3 is 15.0 Å². The molecule has 1 aromatic heterocycles. The number of hydrogen-bond donors (Lipinski definition) is 2. The van der Waals surface area contributed by atoms with Crippen molar-refractivity contribution in [3.05, 3.63) is 35.5 Å². The zero-order chi connectivity index (χ0) is 13.7. The first-order valence-corrected chi connectivity index (χ1v) is 6.54. The van der Waals surface area contributed by atoms with Crippen LogP contribution in [0.2, 0.25) is 0 Å². The highest BCUT2D eigenvalue weighted by Gasteiger charge is 2.11. The Balaban J connectivity index is 2.00. The van der Waals surface area contributed by atoms with E-state index in [9.17, 15) is 4.79 Å². The molecule has 0 unspecified atom stereocenters. The monoisotopic (exact) mass is 260 g/mol. The van der Waals surface area contributed by atoms with Crippen LogP contribution in [0.25, 0.3) is 10.9 Å². The van der Waals surface area contributed by atoms with E-state index in [2.05, 4.69) is 10.3 Å². The molecule has 0 radical (unpaired) electrons. The fourth-order valence-electron chi connectivity index (χ4n) is 2.23. The first kappa shape index (κ1) is 13.6. The molecule has 0 fully saturated rings. The van der Waals surface area contributed by atoms with E-state index in [0.29, 0.717) is 19.6 Å². The van der Waals surface area contributed by atoms with Crippen molar-refractivity contribution in [2.45, 2.75) is 19.8 Å². The predicted molar refractivity (Wildman–Crippen MR) is 76.2 cm³/mol. The number of benzene rings is 1. The summed E-state index contributed by atoms with van der Waals surface area (Å²) >= 11 is 0. The molecule has 0 saturated heterocycles. The minimum Gasteiger partial charge on any atom is -0.385 e. The summed E-state index contributed by atoms with van der Waals surface area (Å²) < 4.78 is 4.95. The predicted octanol–water partition coefficient (Wildman–Crippen LogP) is 2.17. The summed E-state index contributed by atoms with van der Waals surface area (Å²) in [7, 11) is 1.66. The first-order valence-electron chi connectivity index (χ1n) is 6.54. The van der Waals surface area contributed by atoms with Crippen molar-refractivity contribution in [1.29, 1.82) is 0 Å². The number of fused-ring (bicyclic) bond motifs is 1. The van der Waals surface area contributed by atoms with Gasteiger partial charge in [0.15, 0.2) is 0 Å². The topological polar surface area (TPSA) is 54.1 Å². The highest BCUT2D eigenvalue weighted by Crippen LogP contribution is 2.22. The minimum absolute atomic E-state index is 0.0592. The van der Waals surface area contributed by atoms with E-state index < -0.39 is 0 Å². The first-order chi connectivity index (χ1) is 9.22. The molecule has 0 bridgehead atoms. The zero-order valence-corrected chi connectivity index (χ0v) is 11.5. The molecule has 1 amide bonds. The van der Waals surface area contributed by atoms with Crippen LogP contribution in [0, 0.1) is 6.92 Å². The molecule has 2 aromatic rings. The van der Waals surface area contributed by atoms with Crippen LogP contribution in [0.1, 0.15) is 17.7 Å². The van der Waals surface area contributed by atoms with Gasteiger partial charge in [-0.15, -0.1) is 0 Å². The van der Waals surface area contributed by atoms with Gasteiger partial charge in [0.25, 0.3) is 0 Å². The third kappa shape index (κ3) is 3.35. The van der Waals surface area contributed by atoms with Gasteiger partial charge in [-0.2, -0.15) is 0 Å². The molecular weight excluding hydrogens is 240 g/mol. The highest BCUT2D eigenvalue weighted by atomic mass is 16.5. The Morgan fingerprint density at radius 2 is 2.16 bits per heavy atom. The Morgan fingerprint density at radius 3 is 2.95 bits per heavy atom. The molecule has 4 nitrogen and oxygen atoms in total. The van der Waals surface area contributed by atoms with Gasteiger partial charge in [0, 0.05) is 36.9 Å². The maximum Gasteiger partial charge on any atom is 0.224 e. The number of hydrogen-bond acceptors (Lipinski definition) is 2. The number of aromatic nitrogens is 1. The van der Waals surface area contributed by atoms with E-state index in [4.69, 9.17) is 4.74 Å². The van der Waals surface area contributed by atoms with Gasteiger partial charge in [-0.05, 0) is 25.0 Å². The number of H-pyrrole nitrogens is 1. The molecule has 0 saturated carbocycles. The van der Waals surface area contributed by atoms with Crippen molar-refractivity contribution < 1.29 is 9.53 Å². The number of methoxy groups -OCH3 is 1. The van der Waals surface area contributed by atoms with Gasteiger partial charge >= 0.3 is 0 Å². The van der Waals surface area contributed by atoms with Crippen molar-refractivity contribution in [2.24, 2.45) is 0 Å². The highest BCUT2D eigenvalue weighted by molar-refractivity contribution is 5.90. The molecule has 102 valence electrons. The Bertz CT molecular complexity index is 560. The lowest BCUT2D eigenvalue weighted by molar-refractivity contribution is -0.120. The molecule has 0 aliphatic rings. The zero-order valence-electron chi connectivity index (χ0n) is 11.5. The van der Waals surface area contributed by atoms with Gasteiger partial charge in [0.1, 0.15) is 0 Å². The van der Waals surface area contributed by atoms with Crippen LogP contribution in [0.15, 0.2) is 24.3 Å². The average molecular weight is 260 g/mol. The largest absolute Gasteiger partial charge is 0.385 e. The molecule has 19 heavy (non-hydrogen) atoms. The number of ether oxygens (including phenoxy) is 1. The Kier molecular flexibility index (Phi) is 4.58. The lowest BCUT2D eigenvalue weighted by Gasteiger charge is -2.05. The molecular formula is C15H20N2O2. The molecule has 1 aromatic carbocycles. The van der Waals surface area contributed by atoms with Crippen LogP contribution in [0.3, 0.4) is 0 Å². The molecule has 0 aliphatic carbocycles. The third-order valence-electron chi connectivity index (χ3n) is 3.21. The van der Waals surface area contributed by atoms with Crippen molar-refractivity contribution in [3.8, 4) is 0 Å². The Labute approximate surface area is 113 Å². The molecule has 2 N–H and O–H groups in total. The van der Waals surface area contributed by atoms with E-state index in [-0.39, 0.29) is 5.91 Å². The van der Waals surface area contributed by atoms with Crippen molar-refractivity contribution in [3.63, 3.8) is 0 Å². The molecule has 1 heterocycles. The van der Waals surface area contributed by atoms with Crippen LogP contribution in [-0.2, 0) is 16.0 Å². The van der Waals surface area contributed by atoms with Crippen LogP contribution in [0.4, 0.5) is 0 Å². The number of carbonyl (C=O) groups is 1. The van der Waals surface area contributed by atoms with E-state index in [1.165, 1.54) is 0 Å². The minimum atomic E-state index is 0.0592. The Morgan fingerprint density at radius 1 is 1.37 bits per heavy atom. The average Bonchev–Trinajstić information content (AvgIpc) is 2.72. The fourth-order valence-corrected chi connectivity index (χ4v) is 2.23. The van der Waals surface area contributed by atoms with Crippen molar-refractivity contribution >= 4 is 16.8 Å². The standard InChI is InChI=1S/C15H20N2O2/c1-11-13(10-15(18)16-8-5-9-19-2)12-6-3-4-7-14(12)17-11/h3-4,6-7,17H,5,8-10H2,1-2H3,(H,16,18). The summed E-state index contributed by atoms with van der Waals surface area (Å²) in [5.74, 6) is 0.0592. The smallest absolute Gasteiger partial charge is 0.224 e. The number of carbonyl (C=O) groups excluding carboxylic acids is 1. The van der Waals surface area contributed by atoms with Crippen molar-refractivity contribution in [2.75, 3.05) is 20.3 Å². The molecule has 0 atom stereocenters. The third-order valence-corrected chi connectivity index (χ3v) is 3.21. The summed E-state index contributed by atoms with van der Waals surface area (Å²) in [4.78, 5) is 15.2. The quantitative estimate of drug-likeness (QED) is 0.782. The second-order valence-corrected chi connectivity index (χ2v) is 4.65. The second-order valence-electron chi connectivity index (χ2n) is 4.65. The van der Waals surface area contributed by atoms with E-state index >= 15 is 0 Å². The summed E-state index contributed by atoms with van der Waals surface area (Å²) in [6.07, 6.45) is 1.26. The lowest BCUT2D eigenvalue weighted by atomic mass is 10.1. The summed E-state index contributed by atoms with van der Waals surface area (Å²) in [5, 5.41) is 4.05. The van der Waals surface area contributed by atoms with Gasteiger partial charge in [-0.1, -0.05) is 18.2 Å². The van der Waals surface area contributed by atoms with Crippen molar-refractivity contribution in [1.82, 2.24) is 10.3 Å². The number of aryl methyl sites for hydroxylation is 1. The van der Waals surface area contributed by atoms with E-state index in [1.54, 1.807) is 7.11 Å². The number of para-hydroxylation sites is 1. The molecule has 2 rings (SSSR count). The SMILES string of the molecule is COCCCNC(=O)Cc1c(C)[nH]c2ccccc12. The normalized spacial score (nSPS) is 10.8. The van der Waals surface area contributed by atoms with Gasteiger partial charge in [-0.3, -0.25) is 4.79 Å². The molecule has 0 spiro atoms. The maximum absolute atomic E-state index is 11.9. The summed E-state index contributed by atoms with van der Waals surface area (Å²) in [6.45, 7) is 3.34. The molecule has 4 heteroatoms. The fraction of sp³-hybridized carbons (Fsp3) is 0.400. The lowest BCUT2D eigenvalue weighted by Crippen LogP contribution is -2.26. The summed E-state index contributed by atoms with van der Waals surface area (Å²) in [6, 6.07) is 8.07. The van der Waals surface area contributed by atoms with Gasteiger partial charge in [0.2, 0.25) is 5.91 Å². The number of amides is 1. The van der Waals surface area contributed by atoms with Gasteiger partial charge in [-0.25, -0.2) is 0 Å². The second kappa shape index (κ2) is 6.38. The molecule has 0 aliphatic heterocycles. The number of rotatable bonds is 6. The van der Waals surface area contributed by atoms with Crippen LogP contribution in [0.5, 0.6) is 0 Å². The number of nitrogens with one attached hydrogen (secondary N) is 2. The summed E-state index contributed by atoms with van der Waals surface area (Å²) in [5.41, 5.74) is 3.23. The van der Waals surface area contributed by atoms with E-state index in [1.807, 2.05) is 31.2 Å². The van der Waals surface area contributed by atoms with Gasteiger partial charge in [0.05, 0.1) is 6.42 Å². The van der Waals surface area contributed by atoms with E-state index in [0.717, 1.165) is 28.6 Å². The van der Waals surface area contributed by atoms with Crippen LogP contribution in [-0.4, -0.2) is 31.2 Å².